The molecule has 29 heavy (non-hydrogen) atoms. The lowest BCUT2D eigenvalue weighted by Crippen LogP contribution is -2.50. The second kappa shape index (κ2) is 7.81. The van der Waals surface area contributed by atoms with Crippen LogP contribution in [-0.4, -0.2) is 39.1 Å². The zero-order valence-corrected chi connectivity index (χ0v) is 16.4. The summed E-state index contributed by atoms with van der Waals surface area (Å²) in [6.45, 7) is 3.64. The highest BCUT2D eigenvalue weighted by Gasteiger charge is 2.37. The van der Waals surface area contributed by atoms with Crippen molar-refractivity contribution < 1.29 is 14.6 Å². The van der Waals surface area contributed by atoms with Crippen molar-refractivity contribution in [2.75, 3.05) is 6.54 Å². The van der Waals surface area contributed by atoms with Gasteiger partial charge in [0.1, 0.15) is 11.3 Å². The maximum absolute atomic E-state index is 12.3. The van der Waals surface area contributed by atoms with Gasteiger partial charge >= 0.3 is 0 Å². The second-order valence-electron chi connectivity index (χ2n) is 7.82. The number of carbonyl (C=O) groups is 1. The van der Waals surface area contributed by atoms with Gasteiger partial charge in [0.05, 0.1) is 6.10 Å². The van der Waals surface area contributed by atoms with E-state index in [0.717, 1.165) is 18.5 Å². The molecule has 1 aromatic heterocycles. The third-order valence-electron chi connectivity index (χ3n) is 5.45. The number of β-amino-alcohol motifs (C(OH)–C–C–N with tert-alkyl or cyclic N) is 1. The molecule has 2 heterocycles. The molecule has 6 heteroatoms. The van der Waals surface area contributed by atoms with E-state index in [1.165, 1.54) is 11.1 Å². The van der Waals surface area contributed by atoms with E-state index in [2.05, 4.69) is 22.0 Å². The summed E-state index contributed by atoms with van der Waals surface area (Å²) in [6, 6.07) is 17.6. The highest BCUT2D eigenvalue weighted by Crippen LogP contribution is 2.30. The third-order valence-corrected chi connectivity index (χ3v) is 5.45. The molecule has 3 N–H and O–H groups in total. The Morgan fingerprint density at radius 1 is 1.17 bits per heavy atom. The van der Waals surface area contributed by atoms with Crippen LogP contribution >= 0.6 is 0 Å². The first kappa shape index (κ1) is 19.4. The number of amides is 1. The Hall–Kier alpha value is -2.96. The molecule has 3 aromatic rings. The number of rotatable bonds is 7. The molecular formula is C23H25N3O3. The lowest BCUT2D eigenvalue weighted by atomic mass is 9.96. The van der Waals surface area contributed by atoms with E-state index in [0.29, 0.717) is 17.8 Å². The first-order chi connectivity index (χ1) is 13.9. The van der Waals surface area contributed by atoms with Gasteiger partial charge in [0.25, 0.3) is 5.91 Å². The molecule has 6 nitrogen and oxygen atoms in total. The molecule has 150 valence electrons. The van der Waals surface area contributed by atoms with E-state index in [4.69, 9.17) is 10.5 Å². The molecule has 0 saturated heterocycles. The van der Waals surface area contributed by atoms with Crippen LogP contribution in [0.25, 0.3) is 10.9 Å². The van der Waals surface area contributed by atoms with E-state index in [1.54, 1.807) is 19.2 Å². The largest absolute Gasteiger partial charge is 0.475 e. The van der Waals surface area contributed by atoms with Crippen molar-refractivity contribution in [2.45, 2.75) is 38.1 Å². The van der Waals surface area contributed by atoms with Crippen molar-refractivity contribution in [3.63, 3.8) is 0 Å². The number of ether oxygens (including phenoxy) is 1. The summed E-state index contributed by atoms with van der Waals surface area (Å²) in [4.78, 5) is 18.8. The van der Waals surface area contributed by atoms with Gasteiger partial charge in [-0.1, -0.05) is 42.5 Å². The van der Waals surface area contributed by atoms with E-state index in [9.17, 15) is 9.90 Å². The Morgan fingerprint density at radius 3 is 2.55 bits per heavy atom. The summed E-state index contributed by atoms with van der Waals surface area (Å²) in [5.41, 5.74) is 7.54. The number of aliphatic hydroxyl groups excluding tert-OH is 1. The van der Waals surface area contributed by atoms with E-state index in [1.807, 2.05) is 36.4 Å². The molecule has 2 aromatic carbocycles. The van der Waals surface area contributed by atoms with E-state index < -0.39 is 17.6 Å². The van der Waals surface area contributed by atoms with Crippen molar-refractivity contribution in [1.29, 1.82) is 0 Å². The van der Waals surface area contributed by atoms with Gasteiger partial charge in [-0.3, -0.25) is 14.7 Å². The maximum atomic E-state index is 12.3. The number of nitrogens with two attached hydrogens (primary N) is 1. The molecule has 0 spiro atoms. The van der Waals surface area contributed by atoms with Crippen molar-refractivity contribution in [2.24, 2.45) is 5.73 Å². The minimum atomic E-state index is -1.35. The van der Waals surface area contributed by atoms with Gasteiger partial charge in [-0.15, -0.1) is 0 Å². The Morgan fingerprint density at radius 2 is 1.86 bits per heavy atom. The van der Waals surface area contributed by atoms with Crippen LogP contribution in [0.3, 0.4) is 0 Å². The zero-order chi connectivity index (χ0) is 20.4. The van der Waals surface area contributed by atoms with E-state index >= 15 is 0 Å². The van der Waals surface area contributed by atoms with Gasteiger partial charge in [-0.25, -0.2) is 0 Å². The Kier molecular flexibility index (Phi) is 5.22. The number of hydrogen-bond acceptors (Lipinski definition) is 5. The number of aromatic nitrogens is 1. The topological polar surface area (TPSA) is 88.7 Å². The van der Waals surface area contributed by atoms with Gasteiger partial charge in [0, 0.05) is 37.6 Å². The molecule has 0 fully saturated rings. The predicted molar refractivity (Wildman–Crippen MR) is 111 cm³/mol. The summed E-state index contributed by atoms with van der Waals surface area (Å²) in [5.74, 6) is -0.139. The molecule has 0 aliphatic carbocycles. The van der Waals surface area contributed by atoms with Crippen molar-refractivity contribution in [1.82, 2.24) is 9.88 Å². The first-order valence-electron chi connectivity index (χ1n) is 9.74. The number of benzene rings is 2. The number of nitrogens with zero attached hydrogens (tertiary/aromatic N) is 2. The molecular weight excluding hydrogens is 366 g/mol. The molecule has 0 saturated carbocycles. The number of para-hydroxylation sites is 1. The van der Waals surface area contributed by atoms with Gasteiger partial charge in [0.2, 0.25) is 0 Å². The second-order valence-corrected chi connectivity index (χ2v) is 7.82. The zero-order valence-electron chi connectivity index (χ0n) is 16.4. The Labute approximate surface area is 169 Å². The van der Waals surface area contributed by atoms with Crippen molar-refractivity contribution >= 4 is 16.8 Å². The van der Waals surface area contributed by atoms with Crippen LogP contribution in [0.1, 0.15) is 24.5 Å². The smallest absolute Gasteiger partial charge is 0.261 e. The summed E-state index contributed by atoms with van der Waals surface area (Å²) < 4.78 is 6.06. The van der Waals surface area contributed by atoms with Crippen molar-refractivity contribution in [3.05, 3.63) is 71.9 Å². The lowest BCUT2D eigenvalue weighted by Gasteiger charge is -2.31. The van der Waals surface area contributed by atoms with Gasteiger partial charge < -0.3 is 15.6 Å². The minimum Gasteiger partial charge on any atom is -0.475 e. The highest BCUT2D eigenvalue weighted by molar-refractivity contribution is 5.87. The quantitative estimate of drug-likeness (QED) is 0.646. The van der Waals surface area contributed by atoms with Crippen LogP contribution in [0.2, 0.25) is 0 Å². The summed E-state index contributed by atoms with van der Waals surface area (Å²) in [7, 11) is 0. The van der Waals surface area contributed by atoms with Crippen LogP contribution in [0.4, 0.5) is 0 Å². The molecule has 1 aliphatic heterocycles. The Bertz CT molecular complexity index is 1010. The van der Waals surface area contributed by atoms with Crippen molar-refractivity contribution in [3.8, 4) is 5.75 Å². The van der Waals surface area contributed by atoms with Crippen LogP contribution in [0.15, 0.2) is 60.8 Å². The summed E-state index contributed by atoms with van der Waals surface area (Å²) >= 11 is 0. The summed E-state index contributed by atoms with van der Waals surface area (Å²) in [5, 5.41) is 11.6. The average molecular weight is 391 g/mol. The fourth-order valence-corrected chi connectivity index (χ4v) is 3.94. The number of aliphatic hydroxyl groups is 1. The molecule has 0 radical (unpaired) electrons. The fourth-order valence-electron chi connectivity index (χ4n) is 3.94. The van der Waals surface area contributed by atoms with Crippen LogP contribution in [-0.2, 0) is 17.9 Å². The SMILES string of the molecule is CC(C[C@@H](O)CN1Cc2ccccc2C1)(Oc1cccc2cccnc12)C(N)=O. The lowest BCUT2D eigenvalue weighted by molar-refractivity contribution is -0.134. The maximum Gasteiger partial charge on any atom is 0.261 e. The number of pyridine rings is 1. The molecule has 4 rings (SSSR count). The summed E-state index contributed by atoms with van der Waals surface area (Å²) in [6.07, 6.45) is 1.01. The van der Waals surface area contributed by atoms with Crippen LogP contribution < -0.4 is 10.5 Å². The average Bonchev–Trinajstić information content (AvgIpc) is 3.10. The first-order valence-corrected chi connectivity index (χ1v) is 9.74. The number of fused-ring (bicyclic) bond motifs is 2. The number of primary amides is 1. The van der Waals surface area contributed by atoms with Gasteiger partial charge in [0.15, 0.2) is 5.60 Å². The highest BCUT2D eigenvalue weighted by atomic mass is 16.5. The van der Waals surface area contributed by atoms with Crippen LogP contribution in [0.5, 0.6) is 5.75 Å². The van der Waals surface area contributed by atoms with Gasteiger partial charge in [-0.05, 0) is 30.2 Å². The molecule has 1 amide bonds. The molecule has 0 bridgehead atoms. The van der Waals surface area contributed by atoms with Gasteiger partial charge in [-0.2, -0.15) is 0 Å². The number of hydrogen-bond donors (Lipinski definition) is 2. The standard InChI is InChI=1S/C23H25N3O3/c1-23(22(24)28,29-20-10-4-8-16-9-5-11-25-21(16)20)12-19(27)15-26-13-17-6-2-3-7-18(17)14-26/h2-11,19,27H,12-15H2,1H3,(H2,24,28)/t19-,23?/m1/s1. The predicted octanol–water partition coefficient (Wildman–Crippen LogP) is 2.62. The minimum absolute atomic E-state index is 0.0956. The fraction of sp³-hybridized carbons (Fsp3) is 0.304. The molecule has 1 aliphatic rings. The Balaban J connectivity index is 1.47. The van der Waals surface area contributed by atoms with E-state index in [-0.39, 0.29) is 6.42 Å². The number of carbonyl (C=O) groups excluding carboxylic acids is 1. The monoisotopic (exact) mass is 391 g/mol. The normalized spacial score (nSPS) is 16.9. The molecule has 2 atom stereocenters. The third kappa shape index (κ3) is 4.09. The van der Waals surface area contributed by atoms with Crippen LogP contribution in [0, 0.1) is 0 Å². The molecule has 1 unspecified atom stereocenters.